The summed E-state index contributed by atoms with van der Waals surface area (Å²) in [5.41, 5.74) is 0. The average molecular weight is 234 g/mol. The van der Waals surface area contributed by atoms with Gasteiger partial charge in [-0.05, 0) is 0 Å². The van der Waals surface area contributed by atoms with E-state index in [0.29, 0.717) is 0 Å². The van der Waals surface area contributed by atoms with Crippen LogP contribution in [0.3, 0.4) is 0 Å². The van der Waals surface area contributed by atoms with Crippen LogP contribution in [0, 0.1) is 0 Å². The van der Waals surface area contributed by atoms with Gasteiger partial charge >= 0.3 is 0 Å². The van der Waals surface area contributed by atoms with E-state index in [1.165, 1.54) is 18.5 Å². The molecular formula is C7H8ClN3O2S. The van der Waals surface area contributed by atoms with E-state index in [9.17, 15) is 8.42 Å². The number of halogens is 1. The second-order valence-corrected chi connectivity index (χ2v) is 4.55. The number of nitrogens with one attached hydrogen (secondary N) is 1. The SMILES string of the molecule is C=CCS(=O)(=O)Nc1cnc(Cl)cn1. The molecule has 14 heavy (non-hydrogen) atoms. The van der Waals surface area contributed by atoms with Crippen LogP contribution in [-0.4, -0.2) is 24.1 Å². The largest absolute Gasteiger partial charge is 0.266 e. The molecule has 1 N–H and O–H groups in total. The molecule has 0 aromatic carbocycles. The smallest absolute Gasteiger partial charge is 0.237 e. The lowest BCUT2D eigenvalue weighted by Crippen LogP contribution is -2.16. The lowest BCUT2D eigenvalue weighted by Gasteiger charge is -2.03. The van der Waals surface area contributed by atoms with Crippen LogP contribution in [0.25, 0.3) is 0 Å². The molecule has 76 valence electrons. The van der Waals surface area contributed by atoms with Gasteiger partial charge in [0.05, 0.1) is 18.1 Å². The number of aromatic nitrogens is 2. The zero-order chi connectivity index (χ0) is 10.6. The summed E-state index contributed by atoms with van der Waals surface area (Å²) in [6.45, 7) is 3.33. The highest BCUT2D eigenvalue weighted by Crippen LogP contribution is 2.07. The number of nitrogens with zero attached hydrogens (tertiary/aromatic N) is 2. The van der Waals surface area contributed by atoms with E-state index in [-0.39, 0.29) is 16.7 Å². The first-order valence-electron chi connectivity index (χ1n) is 3.62. The zero-order valence-corrected chi connectivity index (χ0v) is 8.72. The third-order valence-electron chi connectivity index (χ3n) is 1.22. The van der Waals surface area contributed by atoms with E-state index >= 15 is 0 Å². The lowest BCUT2D eigenvalue weighted by molar-refractivity contribution is 0.604. The van der Waals surface area contributed by atoms with Crippen molar-refractivity contribution in [1.82, 2.24) is 9.97 Å². The summed E-state index contributed by atoms with van der Waals surface area (Å²) in [5, 5.41) is 0.205. The Morgan fingerprint density at radius 3 is 2.71 bits per heavy atom. The molecule has 0 aliphatic carbocycles. The van der Waals surface area contributed by atoms with E-state index in [1.54, 1.807) is 0 Å². The van der Waals surface area contributed by atoms with Crippen molar-refractivity contribution in [1.29, 1.82) is 0 Å². The maximum Gasteiger partial charge on any atom is 0.237 e. The summed E-state index contributed by atoms with van der Waals surface area (Å²) in [7, 11) is -3.41. The van der Waals surface area contributed by atoms with Crippen LogP contribution < -0.4 is 4.72 Å². The number of hydrogen-bond donors (Lipinski definition) is 1. The number of hydrogen-bond acceptors (Lipinski definition) is 4. The minimum atomic E-state index is -3.41. The van der Waals surface area contributed by atoms with Gasteiger partial charge in [-0.25, -0.2) is 18.4 Å². The van der Waals surface area contributed by atoms with Crippen molar-refractivity contribution < 1.29 is 8.42 Å². The second-order valence-electron chi connectivity index (χ2n) is 2.40. The van der Waals surface area contributed by atoms with Gasteiger partial charge in [0.15, 0.2) is 5.82 Å². The molecule has 1 aromatic rings. The highest BCUT2D eigenvalue weighted by Gasteiger charge is 2.08. The fraction of sp³-hybridized carbons (Fsp3) is 0.143. The molecule has 0 bridgehead atoms. The Morgan fingerprint density at radius 1 is 1.50 bits per heavy atom. The van der Waals surface area contributed by atoms with E-state index in [0.717, 1.165) is 0 Å². The summed E-state index contributed by atoms with van der Waals surface area (Å²) in [5.74, 6) is -0.0339. The molecule has 5 nitrogen and oxygen atoms in total. The molecule has 7 heteroatoms. The minimum Gasteiger partial charge on any atom is -0.266 e. The Balaban J connectivity index is 2.79. The molecule has 0 saturated heterocycles. The van der Waals surface area contributed by atoms with Crippen LogP contribution in [0.2, 0.25) is 5.15 Å². The molecule has 1 heterocycles. The predicted molar refractivity (Wildman–Crippen MR) is 54.6 cm³/mol. The Kier molecular flexibility index (Phi) is 3.43. The normalized spacial score (nSPS) is 10.9. The highest BCUT2D eigenvalue weighted by molar-refractivity contribution is 7.92. The monoisotopic (exact) mass is 233 g/mol. The van der Waals surface area contributed by atoms with Crippen LogP contribution in [0.1, 0.15) is 0 Å². The standard InChI is InChI=1S/C7H8ClN3O2S/c1-2-3-14(12,13)11-7-5-9-6(8)4-10-7/h2,4-5H,1,3H2,(H,10,11). The first-order chi connectivity index (χ1) is 6.53. The van der Waals surface area contributed by atoms with E-state index in [4.69, 9.17) is 11.6 Å². The van der Waals surface area contributed by atoms with Gasteiger partial charge in [0.2, 0.25) is 10.0 Å². The third-order valence-corrected chi connectivity index (χ3v) is 2.61. The Morgan fingerprint density at radius 2 is 2.21 bits per heavy atom. The van der Waals surface area contributed by atoms with Gasteiger partial charge in [0, 0.05) is 0 Å². The molecular weight excluding hydrogens is 226 g/mol. The van der Waals surface area contributed by atoms with Crippen LogP contribution in [0.15, 0.2) is 25.0 Å². The van der Waals surface area contributed by atoms with Gasteiger partial charge in [-0.15, -0.1) is 6.58 Å². The molecule has 0 saturated carbocycles. The fourth-order valence-corrected chi connectivity index (χ4v) is 1.64. The van der Waals surface area contributed by atoms with Gasteiger partial charge in [0.1, 0.15) is 5.15 Å². The maximum atomic E-state index is 11.2. The molecule has 0 amide bonds. The molecule has 0 atom stereocenters. The zero-order valence-electron chi connectivity index (χ0n) is 7.14. The van der Waals surface area contributed by atoms with Crippen molar-refractivity contribution in [3.8, 4) is 0 Å². The molecule has 1 rings (SSSR count). The van der Waals surface area contributed by atoms with Crippen molar-refractivity contribution in [3.05, 3.63) is 30.2 Å². The van der Waals surface area contributed by atoms with E-state index in [2.05, 4.69) is 21.3 Å². The quantitative estimate of drug-likeness (QED) is 0.790. The predicted octanol–water partition coefficient (Wildman–Crippen LogP) is 1.06. The van der Waals surface area contributed by atoms with Gasteiger partial charge in [-0.2, -0.15) is 0 Å². The summed E-state index contributed by atoms with van der Waals surface area (Å²) < 4.78 is 24.6. The number of sulfonamides is 1. The molecule has 0 radical (unpaired) electrons. The van der Waals surface area contributed by atoms with E-state index in [1.807, 2.05) is 0 Å². The number of rotatable bonds is 4. The molecule has 0 spiro atoms. The van der Waals surface area contributed by atoms with Crippen LogP contribution in [0.4, 0.5) is 5.82 Å². The van der Waals surface area contributed by atoms with Crippen molar-refractivity contribution in [3.63, 3.8) is 0 Å². The number of anilines is 1. The minimum absolute atomic E-state index is 0.135. The molecule has 1 aromatic heterocycles. The van der Waals surface area contributed by atoms with Crippen LogP contribution >= 0.6 is 11.6 Å². The summed E-state index contributed by atoms with van der Waals surface area (Å²) in [6.07, 6.45) is 3.78. The van der Waals surface area contributed by atoms with Crippen molar-refractivity contribution >= 4 is 27.4 Å². The van der Waals surface area contributed by atoms with Gasteiger partial charge in [-0.1, -0.05) is 17.7 Å². The van der Waals surface area contributed by atoms with Crippen molar-refractivity contribution in [2.24, 2.45) is 0 Å². The first-order valence-corrected chi connectivity index (χ1v) is 5.65. The summed E-state index contributed by atoms with van der Waals surface area (Å²) in [4.78, 5) is 7.40. The van der Waals surface area contributed by atoms with E-state index < -0.39 is 10.0 Å². The van der Waals surface area contributed by atoms with Crippen LogP contribution in [0.5, 0.6) is 0 Å². The Hall–Kier alpha value is -1.14. The Bertz CT molecular complexity index is 415. The first kappa shape index (κ1) is 10.9. The van der Waals surface area contributed by atoms with Crippen molar-refractivity contribution in [2.75, 3.05) is 10.5 Å². The van der Waals surface area contributed by atoms with Gasteiger partial charge in [0.25, 0.3) is 0 Å². The molecule has 0 unspecified atom stereocenters. The maximum absolute atomic E-state index is 11.2. The average Bonchev–Trinajstić information content (AvgIpc) is 2.08. The summed E-state index contributed by atoms with van der Waals surface area (Å²) >= 11 is 5.48. The Labute approximate surface area is 86.9 Å². The molecule has 0 fully saturated rings. The highest BCUT2D eigenvalue weighted by atomic mass is 35.5. The summed E-state index contributed by atoms with van der Waals surface area (Å²) in [6, 6.07) is 0. The lowest BCUT2D eigenvalue weighted by atomic mass is 10.7. The molecule has 0 aliphatic heterocycles. The van der Waals surface area contributed by atoms with Crippen LogP contribution in [-0.2, 0) is 10.0 Å². The van der Waals surface area contributed by atoms with Crippen molar-refractivity contribution in [2.45, 2.75) is 0 Å². The fourth-order valence-electron chi connectivity index (χ4n) is 0.721. The second kappa shape index (κ2) is 4.39. The van der Waals surface area contributed by atoms with Gasteiger partial charge in [-0.3, -0.25) is 4.72 Å². The topological polar surface area (TPSA) is 72.0 Å². The third kappa shape index (κ3) is 3.31. The molecule has 0 aliphatic rings. The van der Waals surface area contributed by atoms with Gasteiger partial charge < -0.3 is 0 Å².